The van der Waals surface area contributed by atoms with Gasteiger partial charge < -0.3 is 10.1 Å². The van der Waals surface area contributed by atoms with Gasteiger partial charge in [0.2, 0.25) is 0 Å². The highest BCUT2D eigenvalue weighted by Gasteiger charge is 2.10. The van der Waals surface area contributed by atoms with Gasteiger partial charge in [0.25, 0.3) is 0 Å². The van der Waals surface area contributed by atoms with Gasteiger partial charge in [0.1, 0.15) is 0 Å². The van der Waals surface area contributed by atoms with Crippen molar-refractivity contribution in [3.05, 3.63) is 35.5 Å². The number of anilines is 1. The van der Waals surface area contributed by atoms with E-state index in [1.807, 2.05) is 0 Å². The summed E-state index contributed by atoms with van der Waals surface area (Å²) in [6, 6.07) is 8.61. The molecule has 0 saturated heterocycles. The zero-order chi connectivity index (χ0) is 15.2. The number of methoxy groups -OCH3 is 1. The number of pyridine rings is 1. The molecule has 0 aliphatic carbocycles. The lowest BCUT2D eigenvalue weighted by molar-refractivity contribution is 0.202. The number of fused-ring (bicyclic) bond motifs is 1. The Morgan fingerprint density at radius 3 is 2.76 bits per heavy atom. The summed E-state index contributed by atoms with van der Waals surface area (Å²) in [6.07, 6.45) is 1.91. The number of ether oxygens (including phenoxy) is 1. The quantitative estimate of drug-likeness (QED) is 0.833. The Balaban J connectivity index is 2.53. The summed E-state index contributed by atoms with van der Waals surface area (Å²) < 4.78 is 5.22. The molecule has 1 aromatic carbocycles. The molecule has 3 nitrogen and oxygen atoms in total. The summed E-state index contributed by atoms with van der Waals surface area (Å²) in [5.74, 6) is 0.607. The van der Waals surface area contributed by atoms with Crippen LogP contribution < -0.4 is 5.32 Å². The second-order valence-corrected chi connectivity index (χ2v) is 5.85. The number of aromatic nitrogens is 1. The van der Waals surface area contributed by atoms with Gasteiger partial charge in [-0.2, -0.15) is 0 Å². The van der Waals surface area contributed by atoms with E-state index >= 15 is 0 Å². The zero-order valence-corrected chi connectivity index (χ0v) is 13.6. The highest BCUT2D eigenvalue weighted by atomic mass is 16.5. The average Bonchev–Trinajstić information content (AvgIpc) is 2.45. The van der Waals surface area contributed by atoms with E-state index in [2.05, 4.69) is 50.4 Å². The molecule has 0 aliphatic heterocycles. The predicted molar refractivity (Wildman–Crippen MR) is 90.0 cm³/mol. The Bertz CT molecular complexity index is 593. The summed E-state index contributed by atoms with van der Waals surface area (Å²) in [7, 11) is 1.74. The lowest BCUT2D eigenvalue weighted by Gasteiger charge is -2.14. The van der Waals surface area contributed by atoms with Crippen LogP contribution in [0.2, 0.25) is 0 Å². The molecule has 0 atom stereocenters. The van der Waals surface area contributed by atoms with Crippen LogP contribution in [0.1, 0.15) is 32.0 Å². The molecule has 1 aromatic heterocycles. The Hall–Kier alpha value is -1.61. The molecule has 0 unspecified atom stereocenters. The third kappa shape index (κ3) is 3.94. The van der Waals surface area contributed by atoms with Gasteiger partial charge in [-0.05, 0) is 37.3 Å². The molecule has 0 bridgehead atoms. The minimum absolute atomic E-state index is 0.607. The minimum Gasteiger partial charge on any atom is -0.385 e. The number of hydrogen-bond acceptors (Lipinski definition) is 3. The van der Waals surface area contributed by atoms with E-state index in [0.29, 0.717) is 5.92 Å². The number of nitrogens with one attached hydrogen (secondary N) is 1. The molecule has 21 heavy (non-hydrogen) atoms. The molecule has 0 aliphatic rings. The van der Waals surface area contributed by atoms with E-state index in [4.69, 9.17) is 9.72 Å². The van der Waals surface area contributed by atoms with Gasteiger partial charge in [0, 0.05) is 30.4 Å². The first kappa shape index (κ1) is 15.8. The first-order valence-electron chi connectivity index (χ1n) is 7.80. The number of rotatable bonds is 7. The van der Waals surface area contributed by atoms with Gasteiger partial charge in [0.15, 0.2) is 0 Å². The Kier molecular flexibility index (Phi) is 5.57. The van der Waals surface area contributed by atoms with Crippen LogP contribution in [-0.2, 0) is 17.6 Å². The van der Waals surface area contributed by atoms with Crippen molar-refractivity contribution < 1.29 is 4.74 Å². The molecular weight excluding hydrogens is 260 g/mol. The molecule has 1 heterocycles. The van der Waals surface area contributed by atoms with Crippen LogP contribution in [-0.4, -0.2) is 25.2 Å². The van der Waals surface area contributed by atoms with Crippen molar-refractivity contribution in [2.75, 3.05) is 25.6 Å². The topological polar surface area (TPSA) is 34.2 Å². The smallest absolute Gasteiger partial charge is 0.0758 e. The van der Waals surface area contributed by atoms with E-state index in [-0.39, 0.29) is 0 Å². The van der Waals surface area contributed by atoms with Gasteiger partial charge in [-0.25, -0.2) is 0 Å². The maximum Gasteiger partial charge on any atom is 0.0758 e. The van der Waals surface area contributed by atoms with Crippen molar-refractivity contribution >= 4 is 16.6 Å². The standard InChI is InChI=1S/C18H26N2O/c1-5-19-17-12-15(11-13(2)3)20-18-14(9-10-21-4)7-6-8-16(17)18/h6-8,12-13H,5,9-11H2,1-4H3,(H,19,20). The fraction of sp³-hybridized carbons (Fsp3) is 0.500. The van der Waals surface area contributed by atoms with Gasteiger partial charge >= 0.3 is 0 Å². The molecule has 114 valence electrons. The summed E-state index contributed by atoms with van der Waals surface area (Å²) in [5.41, 5.74) is 4.73. The van der Waals surface area contributed by atoms with Crippen LogP contribution in [0.4, 0.5) is 5.69 Å². The van der Waals surface area contributed by atoms with Crippen molar-refractivity contribution in [3.8, 4) is 0 Å². The normalized spacial score (nSPS) is 11.3. The van der Waals surface area contributed by atoms with Crippen molar-refractivity contribution in [1.29, 1.82) is 0 Å². The fourth-order valence-electron chi connectivity index (χ4n) is 2.63. The average molecular weight is 286 g/mol. The van der Waals surface area contributed by atoms with E-state index in [1.54, 1.807) is 7.11 Å². The second kappa shape index (κ2) is 7.41. The first-order valence-corrected chi connectivity index (χ1v) is 7.80. The molecule has 1 N–H and O–H groups in total. The summed E-state index contributed by atoms with van der Waals surface area (Å²) in [5, 5.41) is 4.68. The molecular formula is C18H26N2O. The molecule has 0 saturated carbocycles. The van der Waals surface area contributed by atoms with E-state index in [9.17, 15) is 0 Å². The van der Waals surface area contributed by atoms with E-state index < -0.39 is 0 Å². The van der Waals surface area contributed by atoms with Gasteiger partial charge in [-0.1, -0.05) is 32.0 Å². The molecule has 0 amide bonds. The van der Waals surface area contributed by atoms with Crippen LogP contribution in [0.5, 0.6) is 0 Å². The molecule has 3 heteroatoms. The zero-order valence-electron chi connectivity index (χ0n) is 13.6. The maximum absolute atomic E-state index is 5.22. The molecule has 0 spiro atoms. The van der Waals surface area contributed by atoms with Crippen molar-refractivity contribution in [2.45, 2.75) is 33.6 Å². The molecule has 0 fully saturated rings. The van der Waals surface area contributed by atoms with Crippen molar-refractivity contribution in [1.82, 2.24) is 4.98 Å². The van der Waals surface area contributed by atoms with E-state index in [1.165, 1.54) is 22.3 Å². The molecule has 2 rings (SSSR count). The first-order chi connectivity index (χ1) is 10.2. The van der Waals surface area contributed by atoms with Gasteiger partial charge in [0.05, 0.1) is 12.1 Å². The monoisotopic (exact) mass is 286 g/mol. The highest BCUT2D eigenvalue weighted by Crippen LogP contribution is 2.27. The van der Waals surface area contributed by atoms with Crippen LogP contribution in [0, 0.1) is 5.92 Å². The third-order valence-corrected chi connectivity index (χ3v) is 3.54. The van der Waals surface area contributed by atoms with Crippen LogP contribution in [0.25, 0.3) is 10.9 Å². The Morgan fingerprint density at radius 2 is 2.10 bits per heavy atom. The van der Waals surface area contributed by atoms with E-state index in [0.717, 1.165) is 31.5 Å². The highest BCUT2D eigenvalue weighted by molar-refractivity contribution is 5.93. The Labute approximate surface area is 127 Å². The molecule has 0 radical (unpaired) electrons. The van der Waals surface area contributed by atoms with Crippen molar-refractivity contribution in [3.63, 3.8) is 0 Å². The van der Waals surface area contributed by atoms with Crippen LogP contribution in [0.3, 0.4) is 0 Å². The molecule has 2 aromatic rings. The largest absolute Gasteiger partial charge is 0.385 e. The van der Waals surface area contributed by atoms with Crippen LogP contribution >= 0.6 is 0 Å². The lowest BCUT2D eigenvalue weighted by Crippen LogP contribution is -2.05. The predicted octanol–water partition coefficient (Wildman–Crippen LogP) is 4.05. The number of benzene rings is 1. The number of para-hydroxylation sites is 1. The van der Waals surface area contributed by atoms with Crippen molar-refractivity contribution in [2.24, 2.45) is 5.92 Å². The van der Waals surface area contributed by atoms with Gasteiger partial charge in [-0.15, -0.1) is 0 Å². The number of hydrogen-bond donors (Lipinski definition) is 1. The summed E-state index contributed by atoms with van der Waals surface area (Å²) in [4.78, 5) is 4.92. The fourth-order valence-corrected chi connectivity index (χ4v) is 2.63. The van der Waals surface area contributed by atoms with Crippen LogP contribution in [0.15, 0.2) is 24.3 Å². The maximum atomic E-state index is 5.22. The Morgan fingerprint density at radius 1 is 1.29 bits per heavy atom. The summed E-state index contributed by atoms with van der Waals surface area (Å²) in [6.45, 7) is 8.24. The summed E-state index contributed by atoms with van der Waals surface area (Å²) >= 11 is 0. The SMILES string of the molecule is CCNc1cc(CC(C)C)nc2c(CCOC)cccc12. The third-order valence-electron chi connectivity index (χ3n) is 3.54. The minimum atomic E-state index is 0.607. The van der Waals surface area contributed by atoms with Gasteiger partial charge in [-0.3, -0.25) is 4.98 Å². The second-order valence-electron chi connectivity index (χ2n) is 5.85. The lowest BCUT2D eigenvalue weighted by atomic mass is 10.0. The number of nitrogens with zero attached hydrogens (tertiary/aromatic N) is 1.